The fourth-order valence-corrected chi connectivity index (χ4v) is 7.27. The van der Waals surface area contributed by atoms with Crippen LogP contribution >= 0.6 is 0 Å². The van der Waals surface area contributed by atoms with Crippen LogP contribution in [0.4, 0.5) is 0 Å². The van der Waals surface area contributed by atoms with Gasteiger partial charge in [0, 0.05) is 17.9 Å². The Balaban J connectivity index is 1.59. The van der Waals surface area contributed by atoms with Crippen LogP contribution < -0.4 is 0 Å². The van der Waals surface area contributed by atoms with Crippen LogP contribution in [0.15, 0.2) is 72.8 Å². The van der Waals surface area contributed by atoms with E-state index in [1.54, 1.807) is 0 Å². The molecule has 4 rings (SSSR count). The van der Waals surface area contributed by atoms with Crippen LogP contribution in [0.2, 0.25) is 0 Å². The van der Waals surface area contributed by atoms with Gasteiger partial charge in [-0.2, -0.15) is 0 Å². The average molecular weight is 551 g/mol. The van der Waals surface area contributed by atoms with Gasteiger partial charge in [0.15, 0.2) is 5.78 Å². The number of hydrogen-bond acceptors (Lipinski definition) is 3. The van der Waals surface area contributed by atoms with Crippen LogP contribution in [0, 0.1) is 24.7 Å². The van der Waals surface area contributed by atoms with Crippen molar-refractivity contribution in [3.05, 3.63) is 106 Å². The zero-order valence-electron chi connectivity index (χ0n) is 25.3. The Labute approximate surface area is 246 Å². The monoisotopic (exact) mass is 550 g/mol. The molecule has 3 heteroatoms. The highest BCUT2D eigenvalue weighted by molar-refractivity contribution is 6.00. The number of rotatable bonds is 14. The minimum atomic E-state index is -0.101. The first-order valence-electron chi connectivity index (χ1n) is 15.6. The predicted molar refractivity (Wildman–Crippen MR) is 167 cm³/mol. The molecule has 3 aromatic carbocycles. The van der Waals surface area contributed by atoms with Crippen molar-refractivity contribution >= 4 is 17.3 Å². The fourth-order valence-electron chi connectivity index (χ4n) is 7.27. The van der Waals surface area contributed by atoms with E-state index in [9.17, 15) is 14.4 Å². The SMILES string of the molecule is CCCC(CC1CC(=O)c2c(ccc(C(Cc3ccccc3)Cc3ccccc3)c2C)C1)C(CC)C(=O)CC(C)=O. The molecule has 3 nitrogen and oxygen atoms in total. The summed E-state index contributed by atoms with van der Waals surface area (Å²) in [7, 11) is 0. The standard InChI is InChI=1S/C38H46O3/c1-5-13-31(34(6-2)36(40)20-26(3)39)23-30-24-32-18-19-35(27(4)38(32)37(41)25-30)33(21-28-14-9-7-10-15-28)22-29-16-11-8-12-17-29/h7-12,14-19,30-31,33-34H,5-6,13,20-25H2,1-4H3. The molecule has 0 bridgehead atoms. The number of carbonyl (C=O) groups excluding carboxylic acids is 3. The zero-order valence-corrected chi connectivity index (χ0v) is 25.3. The lowest BCUT2D eigenvalue weighted by atomic mass is 9.71. The number of fused-ring (bicyclic) bond motifs is 1. The van der Waals surface area contributed by atoms with Crippen LogP contribution in [-0.2, 0) is 28.9 Å². The second-order valence-corrected chi connectivity index (χ2v) is 12.2. The van der Waals surface area contributed by atoms with Crippen molar-refractivity contribution in [2.45, 2.75) is 91.4 Å². The lowest BCUT2D eigenvalue weighted by molar-refractivity contribution is -0.129. The summed E-state index contributed by atoms with van der Waals surface area (Å²) in [5.74, 6) is 0.891. The topological polar surface area (TPSA) is 51.2 Å². The third-order valence-corrected chi connectivity index (χ3v) is 9.09. The molecule has 216 valence electrons. The summed E-state index contributed by atoms with van der Waals surface area (Å²) in [5, 5.41) is 0. The second kappa shape index (κ2) is 14.5. The van der Waals surface area contributed by atoms with Gasteiger partial charge in [-0.25, -0.2) is 0 Å². The van der Waals surface area contributed by atoms with E-state index in [0.717, 1.165) is 61.6 Å². The van der Waals surface area contributed by atoms with Gasteiger partial charge in [-0.1, -0.05) is 99.5 Å². The molecule has 3 unspecified atom stereocenters. The Kier molecular flexibility index (Phi) is 10.9. The Morgan fingerprint density at radius 1 is 0.854 bits per heavy atom. The fraction of sp³-hybridized carbons (Fsp3) is 0.447. The molecule has 3 atom stereocenters. The van der Waals surface area contributed by atoms with Crippen LogP contribution in [-0.4, -0.2) is 17.3 Å². The third kappa shape index (κ3) is 7.91. The molecule has 41 heavy (non-hydrogen) atoms. The van der Waals surface area contributed by atoms with Crippen LogP contribution in [0.1, 0.15) is 103 Å². The highest BCUT2D eigenvalue weighted by Crippen LogP contribution is 2.39. The summed E-state index contributed by atoms with van der Waals surface area (Å²) in [6.45, 7) is 7.85. The lowest BCUT2D eigenvalue weighted by Gasteiger charge is -2.32. The molecule has 0 saturated carbocycles. The average Bonchev–Trinajstić information content (AvgIpc) is 2.94. The molecule has 1 aliphatic carbocycles. The highest BCUT2D eigenvalue weighted by atomic mass is 16.1. The van der Waals surface area contributed by atoms with Crippen molar-refractivity contribution in [2.75, 3.05) is 0 Å². The molecule has 3 aromatic rings. The Bertz CT molecular complexity index is 1280. The summed E-state index contributed by atoms with van der Waals surface area (Å²) in [6.07, 6.45) is 6.87. The van der Waals surface area contributed by atoms with E-state index < -0.39 is 0 Å². The van der Waals surface area contributed by atoms with Crippen molar-refractivity contribution in [1.29, 1.82) is 0 Å². The number of benzene rings is 3. The molecular weight excluding hydrogens is 504 g/mol. The Morgan fingerprint density at radius 2 is 1.46 bits per heavy atom. The summed E-state index contributed by atoms with van der Waals surface area (Å²) >= 11 is 0. The van der Waals surface area contributed by atoms with E-state index in [2.05, 4.69) is 93.6 Å². The van der Waals surface area contributed by atoms with Crippen molar-refractivity contribution in [3.63, 3.8) is 0 Å². The Morgan fingerprint density at radius 3 is 2.00 bits per heavy atom. The van der Waals surface area contributed by atoms with Gasteiger partial charge in [0.25, 0.3) is 0 Å². The summed E-state index contributed by atoms with van der Waals surface area (Å²) in [4.78, 5) is 38.4. The van der Waals surface area contributed by atoms with E-state index in [0.29, 0.717) is 6.42 Å². The van der Waals surface area contributed by atoms with Crippen molar-refractivity contribution in [1.82, 2.24) is 0 Å². The molecule has 0 heterocycles. The zero-order chi connectivity index (χ0) is 29.4. The van der Waals surface area contributed by atoms with Gasteiger partial charge < -0.3 is 0 Å². The van der Waals surface area contributed by atoms with E-state index >= 15 is 0 Å². The first-order valence-corrected chi connectivity index (χ1v) is 15.6. The van der Waals surface area contributed by atoms with Crippen LogP contribution in [0.3, 0.4) is 0 Å². The summed E-state index contributed by atoms with van der Waals surface area (Å²) < 4.78 is 0. The molecule has 0 aromatic heterocycles. The second-order valence-electron chi connectivity index (χ2n) is 12.2. The maximum absolute atomic E-state index is 13.8. The normalized spacial score (nSPS) is 16.3. The molecule has 0 radical (unpaired) electrons. The summed E-state index contributed by atoms with van der Waals surface area (Å²) in [6, 6.07) is 25.8. The van der Waals surface area contributed by atoms with E-state index in [1.807, 2.05) is 0 Å². The van der Waals surface area contributed by atoms with Crippen molar-refractivity contribution in [3.8, 4) is 0 Å². The molecule has 0 spiro atoms. The van der Waals surface area contributed by atoms with Crippen LogP contribution in [0.25, 0.3) is 0 Å². The molecule has 0 amide bonds. The van der Waals surface area contributed by atoms with Crippen molar-refractivity contribution in [2.24, 2.45) is 17.8 Å². The molecule has 0 N–H and O–H groups in total. The van der Waals surface area contributed by atoms with Gasteiger partial charge in [0.05, 0.1) is 6.42 Å². The first-order chi connectivity index (χ1) is 19.8. The van der Waals surface area contributed by atoms with Gasteiger partial charge in [-0.15, -0.1) is 0 Å². The number of ketones is 3. The van der Waals surface area contributed by atoms with Gasteiger partial charge >= 0.3 is 0 Å². The van der Waals surface area contributed by atoms with Crippen molar-refractivity contribution < 1.29 is 14.4 Å². The van der Waals surface area contributed by atoms with E-state index in [1.165, 1.54) is 23.6 Å². The maximum atomic E-state index is 13.8. The molecule has 0 saturated heterocycles. The molecular formula is C38H46O3. The number of Topliss-reactive ketones (excluding diaryl/α,β-unsaturated/α-hetero) is 3. The van der Waals surface area contributed by atoms with Crippen LogP contribution in [0.5, 0.6) is 0 Å². The van der Waals surface area contributed by atoms with E-state index in [-0.39, 0.29) is 47.4 Å². The third-order valence-electron chi connectivity index (χ3n) is 9.09. The lowest BCUT2D eigenvalue weighted by Crippen LogP contribution is -2.30. The Hall–Kier alpha value is -3.33. The number of carbonyl (C=O) groups is 3. The quantitative estimate of drug-likeness (QED) is 0.189. The summed E-state index contributed by atoms with van der Waals surface area (Å²) in [5.41, 5.74) is 7.11. The van der Waals surface area contributed by atoms with Gasteiger partial charge in [-0.3, -0.25) is 14.4 Å². The minimum absolute atomic E-state index is 0.0280. The van der Waals surface area contributed by atoms with Gasteiger partial charge in [0.1, 0.15) is 11.6 Å². The minimum Gasteiger partial charge on any atom is -0.300 e. The van der Waals surface area contributed by atoms with Gasteiger partial charge in [-0.05, 0) is 91.5 Å². The number of hydrogen-bond donors (Lipinski definition) is 0. The molecule has 1 aliphatic rings. The molecule has 0 aliphatic heterocycles. The maximum Gasteiger partial charge on any atom is 0.163 e. The first kappa shape index (κ1) is 30.6. The van der Waals surface area contributed by atoms with E-state index in [4.69, 9.17) is 0 Å². The largest absolute Gasteiger partial charge is 0.300 e. The highest BCUT2D eigenvalue weighted by Gasteiger charge is 2.33. The smallest absolute Gasteiger partial charge is 0.163 e. The predicted octanol–water partition coefficient (Wildman–Crippen LogP) is 8.69. The molecule has 0 fully saturated rings. The van der Waals surface area contributed by atoms with Gasteiger partial charge in [0.2, 0.25) is 0 Å².